The molecule has 2 heterocycles. The molecule has 4 rings (SSSR count). The van der Waals surface area contributed by atoms with Crippen LogP contribution in [0.5, 0.6) is 5.75 Å². The molecule has 0 unspecified atom stereocenters. The van der Waals surface area contributed by atoms with Crippen molar-refractivity contribution in [3.8, 4) is 17.1 Å². The van der Waals surface area contributed by atoms with Crippen molar-refractivity contribution in [2.75, 3.05) is 24.6 Å². The quantitative estimate of drug-likeness (QED) is 0.571. The molecule has 6 nitrogen and oxygen atoms in total. The maximum Gasteiger partial charge on any atom is 0.223 e. The van der Waals surface area contributed by atoms with Gasteiger partial charge >= 0.3 is 0 Å². The van der Waals surface area contributed by atoms with Crippen LogP contribution in [-0.4, -0.2) is 35.6 Å². The van der Waals surface area contributed by atoms with Crippen LogP contribution >= 0.6 is 0 Å². The molecule has 32 heavy (non-hydrogen) atoms. The molecule has 1 fully saturated rings. The molecule has 0 atom stereocenters. The van der Waals surface area contributed by atoms with Crippen molar-refractivity contribution in [2.24, 2.45) is 5.92 Å². The third-order valence-electron chi connectivity index (χ3n) is 5.73. The van der Waals surface area contributed by atoms with Crippen LogP contribution in [0.4, 0.5) is 5.82 Å². The smallest absolute Gasteiger partial charge is 0.223 e. The number of piperidine rings is 1. The Kier molecular flexibility index (Phi) is 7.33. The molecular weight excluding hydrogens is 400 g/mol. The third-order valence-corrected chi connectivity index (χ3v) is 5.73. The summed E-state index contributed by atoms with van der Waals surface area (Å²) in [5.74, 6) is 2.68. The van der Waals surface area contributed by atoms with Crippen molar-refractivity contribution in [3.05, 3.63) is 72.4 Å². The lowest BCUT2D eigenvalue weighted by Gasteiger charge is -2.32. The normalized spacial score (nSPS) is 14.2. The molecule has 1 aliphatic rings. The average Bonchev–Trinajstić information content (AvgIpc) is 2.87. The highest BCUT2D eigenvalue weighted by Gasteiger charge is 2.25. The summed E-state index contributed by atoms with van der Waals surface area (Å²) in [6, 6.07) is 19.9. The van der Waals surface area contributed by atoms with Crippen molar-refractivity contribution < 1.29 is 9.53 Å². The molecule has 1 amide bonds. The molecule has 0 aliphatic carbocycles. The zero-order valence-electron chi connectivity index (χ0n) is 18.5. The van der Waals surface area contributed by atoms with Gasteiger partial charge in [0.1, 0.15) is 11.6 Å². The standard InChI is InChI=1S/C26H30N4O2/c1-2-18-32-23-10-8-20(9-11-23)19-28-26(31)22-13-16-30(17-14-22)24-12-15-27-25(29-24)21-6-4-3-5-7-21/h3-12,15,22H,2,13-14,16-19H2,1H3,(H,28,31). The summed E-state index contributed by atoms with van der Waals surface area (Å²) in [6.07, 6.45) is 4.44. The van der Waals surface area contributed by atoms with E-state index in [2.05, 4.69) is 22.1 Å². The van der Waals surface area contributed by atoms with Gasteiger partial charge in [-0.1, -0.05) is 49.4 Å². The van der Waals surface area contributed by atoms with E-state index in [-0.39, 0.29) is 11.8 Å². The molecule has 2 aromatic carbocycles. The van der Waals surface area contributed by atoms with Gasteiger partial charge in [-0.15, -0.1) is 0 Å². The Morgan fingerprint density at radius 1 is 1.06 bits per heavy atom. The van der Waals surface area contributed by atoms with E-state index in [0.29, 0.717) is 6.54 Å². The minimum absolute atomic E-state index is 0.0360. The number of carbonyl (C=O) groups excluding carboxylic acids is 1. The first kappa shape index (κ1) is 21.8. The molecule has 0 saturated carbocycles. The van der Waals surface area contributed by atoms with Crippen LogP contribution < -0.4 is 15.0 Å². The number of carbonyl (C=O) groups is 1. The Bertz CT molecular complexity index is 1000. The van der Waals surface area contributed by atoms with E-state index in [1.807, 2.05) is 66.9 Å². The summed E-state index contributed by atoms with van der Waals surface area (Å²) >= 11 is 0. The Labute approximate surface area is 189 Å². The fourth-order valence-corrected chi connectivity index (χ4v) is 3.88. The minimum Gasteiger partial charge on any atom is -0.494 e. The first-order chi connectivity index (χ1) is 15.7. The number of ether oxygens (including phenoxy) is 1. The van der Waals surface area contributed by atoms with Gasteiger partial charge in [-0.25, -0.2) is 9.97 Å². The minimum atomic E-state index is 0.0360. The summed E-state index contributed by atoms with van der Waals surface area (Å²) in [7, 11) is 0. The second-order valence-corrected chi connectivity index (χ2v) is 8.08. The van der Waals surface area contributed by atoms with E-state index >= 15 is 0 Å². The molecule has 0 spiro atoms. The van der Waals surface area contributed by atoms with Crippen LogP contribution in [0.15, 0.2) is 66.9 Å². The lowest BCUT2D eigenvalue weighted by atomic mass is 9.96. The van der Waals surface area contributed by atoms with Gasteiger partial charge in [-0.2, -0.15) is 0 Å². The van der Waals surface area contributed by atoms with Crippen molar-refractivity contribution in [1.82, 2.24) is 15.3 Å². The molecule has 0 radical (unpaired) electrons. The van der Waals surface area contributed by atoms with Crippen molar-refractivity contribution in [1.29, 1.82) is 0 Å². The molecule has 3 aromatic rings. The Morgan fingerprint density at radius 3 is 2.53 bits per heavy atom. The molecular formula is C26H30N4O2. The van der Waals surface area contributed by atoms with E-state index in [4.69, 9.17) is 9.72 Å². The van der Waals surface area contributed by atoms with Crippen molar-refractivity contribution in [2.45, 2.75) is 32.7 Å². The lowest BCUT2D eigenvalue weighted by molar-refractivity contribution is -0.125. The molecule has 1 aromatic heterocycles. The van der Waals surface area contributed by atoms with E-state index in [9.17, 15) is 4.79 Å². The fraction of sp³-hybridized carbons (Fsp3) is 0.346. The fourth-order valence-electron chi connectivity index (χ4n) is 3.88. The first-order valence-electron chi connectivity index (χ1n) is 11.4. The second-order valence-electron chi connectivity index (χ2n) is 8.08. The van der Waals surface area contributed by atoms with Gasteiger partial charge in [0, 0.05) is 37.3 Å². The number of hydrogen-bond acceptors (Lipinski definition) is 5. The Morgan fingerprint density at radius 2 is 1.81 bits per heavy atom. The number of rotatable bonds is 8. The molecule has 0 bridgehead atoms. The summed E-state index contributed by atoms with van der Waals surface area (Å²) in [4.78, 5) is 24.1. The monoisotopic (exact) mass is 430 g/mol. The van der Waals surface area contributed by atoms with Gasteiger partial charge in [-0.05, 0) is 43.0 Å². The molecule has 1 N–H and O–H groups in total. The number of amides is 1. The lowest BCUT2D eigenvalue weighted by Crippen LogP contribution is -2.40. The van der Waals surface area contributed by atoms with Crippen LogP contribution in [-0.2, 0) is 11.3 Å². The van der Waals surface area contributed by atoms with Gasteiger partial charge in [0.2, 0.25) is 5.91 Å². The number of nitrogens with one attached hydrogen (secondary N) is 1. The molecule has 166 valence electrons. The van der Waals surface area contributed by atoms with E-state index in [0.717, 1.165) is 67.5 Å². The van der Waals surface area contributed by atoms with Crippen LogP contribution in [0, 0.1) is 5.92 Å². The average molecular weight is 431 g/mol. The van der Waals surface area contributed by atoms with Crippen LogP contribution in [0.2, 0.25) is 0 Å². The third kappa shape index (κ3) is 5.63. The number of aromatic nitrogens is 2. The van der Waals surface area contributed by atoms with Crippen LogP contribution in [0.25, 0.3) is 11.4 Å². The second kappa shape index (κ2) is 10.8. The first-order valence-corrected chi connectivity index (χ1v) is 11.4. The highest BCUT2D eigenvalue weighted by Crippen LogP contribution is 2.24. The predicted molar refractivity (Wildman–Crippen MR) is 126 cm³/mol. The van der Waals surface area contributed by atoms with E-state index in [1.54, 1.807) is 0 Å². The zero-order chi connectivity index (χ0) is 22.2. The van der Waals surface area contributed by atoms with Crippen molar-refractivity contribution in [3.63, 3.8) is 0 Å². The van der Waals surface area contributed by atoms with Gasteiger partial charge in [0.25, 0.3) is 0 Å². The number of nitrogens with zero attached hydrogens (tertiary/aromatic N) is 3. The maximum atomic E-state index is 12.7. The van der Waals surface area contributed by atoms with Gasteiger partial charge < -0.3 is 15.0 Å². The topological polar surface area (TPSA) is 67.3 Å². The zero-order valence-corrected chi connectivity index (χ0v) is 18.5. The summed E-state index contributed by atoms with van der Waals surface area (Å²) in [6.45, 7) is 4.97. The number of hydrogen-bond donors (Lipinski definition) is 1. The maximum absolute atomic E-state index is 12.7. The summed E-state index contributed by atoms with van der Waals surface area (Å²) in [5.41, 5.74) is 2.09. The largest absolute Gasteiger partial charge is 0.494 e. The molecule has 1 saturated heterocycles. The van der Waals surface area contributed by atoms with E-state index in [1.165, 1.54) is 0 Å². The van der Waals surface area contributed by atoms with Gasteiger partial charge in [-0.3, -0.25) is 4.79 Å². The van der Waals surface area contributed by atoms with Crippen molar-refractivity contribution >= 4 is 11.7 Å². The van der Waals surface area contributed by atoms with Gasteiger partial charge in [0.05, 0.1) is 6.61 Å². The number of anilines is 1. The van der Waals surface area contributed by atoms with Crippen LogP contribution in [0.1, 0.15) is 31.7 Å². The summed E-state index contributed by atoms with van der Waals surface area (Å²) in [5, 5.41) is 3.09. The van der Waals surface area contributed by atoms with E-state index < -0.39 is 0 Å². The number of benzene rings is 2. The Balaban J connectivity index is 1.27. The highest BCUT2D eigenvalue weighted by molar-refractivity contribution is 5.79. The highest BCUT2D eigenvalue weighted by atomic mass is 16.5. The molecule has 6 heteroatoms. The van der Waals surface area contributed by atoms with Crippen LogP contribution in [0.3, 0.4) is 0 Å². The Hall–Kier alpha value is -3.41. The predicted octanol–water partition coefficient (Wildman–Crippen LogP) is 4.47. The summed E-state index contributed by atoms with van der Waals surface area (Å²) < 4.78 is 5.61. The van der Waals surface area contributed by atoms with Gasteiger partial charge in [0.15, 0.2) is 5.82 Å². The SMILES string of the molecule is CCCOc1ccc(CNC(=O)C2CCN(c3ccnc(-c4ccccc4)n3)CC2)cc1. The molecule has 1 aliphatic heterocycles.